The lowest BCUT2D eigenvalue weighted by Gasteiger charge is -2.19. The van der Waals surface area contributed by atoms with Crippen LogP contribution < -0.4 is 11.1 Å². The fourth-order valence-electron chi connectivity index (χ4n) is 3.53. The van der Waals surface area contributed by atoms with E-state index in [1.165, 1.54) is 14.0 Å². The maximum absolute atomic E-state index is 12.8. The zero-order valence-corrected chi connectivity index (χ0v) is 14.1. The number of carbonyl (C=O) groups excluding carboxylic acids is 3. The van der Waals surface area contributed by atoms with Gasteiger partial charge in [0, 0.05) is 17.7 Å². The Balaban J connectivity index is 2.23. The number of ketones is 2. The van der Waals surface area contributed by atoms with Crippen molar-refractivity contribution in [3.8, 4) is 0 Å². The first-order valence-corrected chi connectivity index (χ1v) is 7.70. The summed E-state index contributed by atoms with van der Waals surface area (Å²) in [6.07, 6.45) is -1.98. The molecule has 9 nitrogen and oxygen atoms in total. The fourth-order valence-corrected chi connectivity index (χ4v) is 3.53. The molecule has 1 aliphatic heterocycles. The number of aliphatic hydroxyl groups excluding tert-OH is 1. The normalized spacial score (nSPS) is 22.1. The number of likely N-dealkylation sites (N-methyl/N-ethyl adjacent to an activating group) is 1. The number of hydrogen-bond donors (Lipinski definition) is 3. The number of Topliss-reactive ketones (excluding diaryl/α,β-unsaturated/α-hetero) is 2. The Morgan fingerprint density at radius 3 is 2.64 bits per heavy atom. The van der Waals surface area contributed by atoms with E-state index in [-0.39, 0.29) is 46.6 Å². The lowest BCUT2D eigenvalue weighted by Crippen LogP contribution is -2.32. The lowest BCUT2D eigenvalue weighted by atomic mass is 9.90. The number of hydrogen-bond acceptors (Lipinski definition) is 7. The largest absolute Gasteiger partial charge is 0.492 e. The number of ether oxygens (including phenoxy) is 2. The molecule has 0 saturated heterocycles. The summed E-state index contributed by atoms with van der Waals surface area (Å²) in [4.78, 5) is 36.6. The van der Waals surface area contributed by atoms with Crippen LogP contribution in [0.5, 0.6) is 0 Å². The molecule has 0 aromatic carbocycles. The number of methoxy groups -OCH3 is 1. The zero-order valence-electron chi connectivity index (χ0n) is 14.1. The van der Waals surface area contributed by atoms with E-state index in [9.17, 15) is 19.5 Å². The molecule has 2 heterocycles. The summed E-state index contributed by atoms with van der Waals surface area (Å²) in [7, 11) is 3.00. The molecule has 1 aliphatic carbocycles. The zero-order chi connectivity index (χ0) is 18.5. The predicted molar refractivity (Wildman–Crippen MR) is 85.0 cm³/mol. The maximum atomic E-state index is 12.8. The standard InChI is InChI=1S/C16H19N3O6/c1-6-12(20)11-9(14(22)15(6)24-3)7(5-25-16(17)23)10-13(21)8(18-2)4-19(10)11/h8,13,18,21H,4-5H2,1-3H3,(H2,17,23)/t8-,13+/m0/s1. The van der Waals surface area contributed by atoms with E-state index >= 15 is 0 Å². The summed E-state index contributed by atoms with van der Waals surface area (Å²) in [6, 6.07) is -0.330. The summed E-state index contributed by atoms with van der Waals surface area (Å²) >= 11 is 0. The molecule has 2 aliphatic rings. The second kappa shape index (κ2) is 6.01. The third-order valence-electron chi connectivity index (χ3n) is 4.71. The van der Waals surface area contributed by atoms with Gasteiger partial charge in [-0.3, -0.25) is 9.59 Å². The van der Waals surface area contributed by atoms with Gasteiger partial charge in [-0.2, -0.15) is 0 Å². The van der Waals surface area contributed by atoms with Crippen LogP contribution in [0.1, 0.15) is 45.1 Å². The van der Waals surface area contributed by atoms with Crippen molar-refractivity contribution in [3.05, 3.63) is 33.8 Å². The molecule has 0 bridgehead atoms. The van der Waals surface area contributed by atoms with E-state index in [0.29, 0.717) is 12.2 Å². The number of allylic oxidation sites excluding steroid dienone is 2. The first-order chi connectivity index (χ1) is 11.8. The molecule has 3 rings (SSSR count). The molecule has 0 radical (unpaired) electrons. The van der Waals surface area contributed by atoms with Crippen LogP contribution in [0.25, 0.3) is 0 Å². The third-order valence-corrected chi connectivity index (χ3v) is 4.71. The monoisotopic (exact) mass is 349 g/mol. The summed E-state index contributed by atoms with van der Waals surface area (Å²) < 4.78 is 11.5. The van der Waals surface area contributed by atoms with Crippen LogP contribution >= 0.6 is 0 Å². The maximum Gasteiger partial charge on any atom is 0.404 e. The number of aliphatic hydroxyl groups is 1. The fraction of sp³-hybridized carbons (Fsp3) is 0.438. The first kappa shape index (κ1) is 17.2. The van der Waals surface area contributed by atoms with Gasteiger partial charge < -0.3 is 30.2 Å². The van der Waals surface area contributed by atoms with Crippen molar-refractivity contribution >= 4 is 17.7 Å². The Labute approximate surface area is 143 Å². The number of rotatable bonds is 4. The van der Waals surface area contributed by atoms with Crippen molar-refractivity contribution in [1.29, 1.82) is 0 Å². The molecule has 25 heavy (non-hydrogen) atoms. The summed E-state index contributed by atoms with van der Waals surface area (Å²) in [5.74, 6) is -0.892. The second-order valence-electron chi connectivity index (χ2n) is 5.96. The number of nitrogens with zero attached hydrogens (tertiary/aromatic N) is 1. The Hall–Kier alpha value is -2.65. The van der Waals surface area contributed by atoms with Crippen molar-refractivity contribution < 1.29 is 29.0 Å². The average Bonchev–Trinajstić information content (AvgIpc) is 3.06. The molecule has 9 heteroatoms. The number of fused-ring (bicyclic) bond motifs is 3. The first-order valence-electron chi connectivity index (χ1n) is 7.70. The summed E-state index contributed by atoms with van der Waals surface area (Å²) in [5, 5.41) is 13.5. The molecule has 0 spiro atoms. The van der Waals surface area contributed by atoms with Crippen molar-refractivity contribution in [3.63, 3.8) is 0 Å². The molecule has 1 aromatic rings. The highest BCUT2D eigenvalue weighted by Crippen LogP contribution is 2.40. The summed E-state index contributed by atoms with van der Waals surface area (Å²) in [6.45, 7) is 1.51. The highest BCUT2D eigenvalue weighted by Gasteiger charge is 2.44. The third kappa shape index (κ3) is 2.35. The molecule has 1 amide bonds. The smallest absolute Gasteiger partial charge is 0.404 e. The van der Waals surface area contributed by atoms with Crippen LogP contribution in [0, 0.1) is 0 Å². The van der Waals surface area contributed by atoms with Crippen molar-refractivity contribution in [1.82, 2.24) is 9.88 Å². The van der Waals surface area contributed by atoms with Crippen LogP contribution in [-0.4, -0.2) is 47.5 Å². The number of carbonyl (C=O) groups is 3. The topological polar surface area (TPSA) is 133 Å². The van der Waals surface area contributed by atoms with Gasteiger partial charge in [-0.1, -0.05) is 0 Å². The number of amides is 1. The van der Waals surface area contributed by atoms with E-state index in [1.807, 2.05) is 0 Å². The van der Waals surface area contributed by atoms with E-state index in [4.69, 9.17) is 15.2 Å². The molecule has 1 aromatic heterocycles. The van der Waals surface area contributed by atoms with Crippen LogP contribution in [0.3, 0.4) is 0 Å². The lowest BCUT2D eigenvalue weighted by molar-refractivity contribution is 0.0897. The van der Waals surface area contributed by atoms with Gasteiger partial charge in [-0.25, -0.2) is 4.79 Å². The van der Waals surface area contributed by atoms with Gasteiger partial charge in [-0.15, -0.1) is 0 Å². The van der Waals surface area contributed by atoms with Gasteiger partial charge in [0.15, 0.2) is 5.76 Å². The van der Waals surface area contributed by atoms with Crippen molar-refractivity contribution in [2.24, 2.45) is 5.73 Å². The van der Waals surface area contributed by atoms with Gasteiger partial charge in [0.05, 0.1) is 24.4 Å². The Bertz CT molecular complexity index is 822. The minimum Gasteiger partial charge on any atom is -0.492 e. The van der Waals surface area contributed by atoms with Crippen LogP contribution in [0.15, 0.2) is 11.3 Å². The molecule has 0 unspecified atom stereocenters. The predicted octanol–water partition coefficient (Wildman–Crippen LogP) is 0.0178. The second-order valence-corrected chi connectivity index (χ2v) is 5.96. The molecule has 4 N–H and O–H groups in total. The number of nitrogens with one attached hydrogen (secondary N) is 1. The molecule has 0 saturated carbocycles. The molecular formula is C16H19N3O6. The van der Waals surface area contributed by atoms with Crippen molar-refractivity contribution in [2.75, 3.05) is 14.2 Å². The average molecular weight is 349 g/mol. The highest BCUT2D eigenvalue weighted by atomic mass is 16.5. The van der Waals surface area contributed by atoms with E-state index in [2.05, 4.69) is 5.32 Å². The van der Waals surface area contributed by atoms with Crippen LogP contribution in [-0.2, 0) is 22.6 Å². The number of aromatic nitrogens is 1. The van der Waals surface area contributed by atoms with Gasteiger partial charge in [0.25, 0.3) is 0 Å². The minimum absolute atomic E-state index is 0.0539. The number of primary amides is 1. The minimum atomic E-state index is -1.01. The molecule has 134 valence electrons. The Kier molecular flexibility index (Phi) is 4.13. The quantitative estimate of drug-likeness (QED) is 0.698. The van der Waals surface area contributed by atoms with Crippen molar-refractivity contribution in [2.45, 2.75) is 32.2 Å². The van der Waals surface area contributed by atoms with Gasteiger partial charge in [0.1, 0.15) is 18.4 Å². The van der Waals surface area contributed by atoms with E-state index < -0.39 is 18.0 Å². The van der Waals surface area contributed by atoms with E-state index in [0.717, 1.165) is 0 Å². The molecule has 2 atom stereocenters. The van der Waals surface area contributed by atoms with Gasteiger partial charge in [0.2, 0.25) is 11.6 Å². The Morgan fingerprint density at radius 2 is 2.08 bits per heavy atom. The van der Waals surface area contributed by atoms with Crippen LogP contribution in [0.2, 0.25) is 0 Å². The molecule has 0 fully saturated rings. The molecular weight excluding hydrogens is 330 g/mol. The van der Waals surface area contributed by atoms with Gasteiger partial charge >= 0.3 is 6.09 Å². The SMILES string of the molecule is CN[C@H]1Cn2c3c(c(COC(N)=O)c2[C@@H]1O)C(=O)C(OC)=C(C)C3=O. The Morgan fingerprint density at radius 1 is 1.40 bits per heavy atom. The summed E-state index contributed by atoms with van der Waals surface area (Å²) in [5.41, 5.74) is 6.15. The van der Waals surface area contributed by atoms with Gasteiger partial charge in [-0.05, 0) is 14.0 Å². The highest BCUT2D eigenvalue weighted by molar-refractivity contribution is 6.26. The van der Waals surface area contributed by atoms with E-state index in [1.54, 1.807) is 11.6 Å². The van der Waals surface area contributed by atoms with Crippen LogP contribution in [0.4, 0.5) is 4.79 Å². The number of nitrogens with two attached hydrogens (primary N) is 1.